The average molecular weight is 389 g/mol. The highest BCUT2D eigenvalue weighted by Crippen LogP contribution is 2.45. The van der Waals surface area contributed by atoms with Crippen molar-refractivity contribution in [2.45, 2.75) is 11.8 Å². The molecule has 0 saturated carbocycles. The van der Waals surface area contributed by atoms with Crippen molar-refractivity contribution in [3.05, 3.63) is 84.0 Å². The number of aliphatic hydroxyl groups is 1. The minimum Gasteiger partial charge on any atom is -0.387 e. The number of rotatable bonds is 3. The van der Waals surface area contributed by atoms with E-state index in [1.807, 2.05) is 0 Å². The van der Waals surface area contributed by atoms with E-state index in [1.54, 1.807) is 0 Å². The summed E-state index contributed by atoms with van der Waals surface area (Å²) in [5.41, 5.74) is -2.67. The van der Waals surface area contributed by atoms with Gasteiger partial charge in [-0.25, -0.2) is 9.07 Å². The van der Waals surface area contributed by atoms with Crippen LogP contribution in [0.4, 0.5) is 17.6 Å². The Labute approximate surface area is 157 Å². The molecule has 1 aliphatic rings. The lowest BCUT2D eigenvalue weighted by atomic mass is 9.84. The van der Waals surface area contributed by atoms with E-state index in [2.05, 4.69) is 10.4 Å². The van der Waals surface area contributed by atoms with Crippen LogP contribution in [0.1, 0.15) is 5.56 Å². The minimum atomic E-state index is -4.93. The maximum Gasteiger partial charge on any atom is 0.425 e. The third-order valence-corrected chi connectivity index (χ3v) is 4.68. The average Bonchev–Trinajstić information content (AvgIpc) is 3.11. The van der Waals surface area contributed by atoms with Crippen LogP contribution in [-0.2, 0) is 5.60 Å². The summed E-state index contributed by atoms with van der Waals surface area (Å²) in [6.45, 7) is 0.390. The van der Waals surface area contributed by atoms with Gasteiger partial charge < -0.3 is 10.4 Å². The number of alkyl halides is 3. The van der Waals surface area contributed by atoms with Gasteiger partial charge in [-0.1, -0.05) is 18.2 Å². The van der Waals surface area contributed by atoms with Crippen molar-refractivity contribution in [3.8, 4) is 5.69 Å². The van der Waals surface area contributed by atoms with Gasteiger partial charge in [0, 0.05) is 23.7 Å². The Hall–Kier alpha value is -3.13. The first-order valence-electron chi connectivity index (χ1n) is 8.44. The molecule has 144 valence electrons. The van der Waals surface area contributed by atoms with Gasteiger partial charge in [-0.05, 0) is 42.0 Å². The molecule has 0 fully saturated rings. The molecule has 1 aromatic heterocycles. The van der Waals surface area contributed by atoms with Gasteiger partial charge in [0.1, 0.15) is 5.82 Å². The van der Waals surface area contributed by atoms with E-state index in [9.17, 15) is 22.7 Å². The van der Waals surface area contributed by atoms with Crippen molar-refractivity contribution in [2.75, 3.05) is 6.54 Å². The molecule has 0 amide bonds. The molecule has 2 N–H and O–H groups in total. The molecular formula is C20H15F4N3O. The third kappa shape index (κ3) is 2.86. The smallest absolute Gasteiger partial charge is 0.387 e. The number of halogens is 4. The van der Waals surface area contributed by atoms with Crippen molar-refractivity contribution in [1.29, 1.82) is 0 Å². The van der Waals surface area contributed by atoms with E-state index < -0.39 is 17.6 Å². The van der Waals surface area contributed by atoms with E-state index in [4.69, 9.17) is 0 Å². The molecule has 1 atom stereocenters. The maximum atomic E-state index is 13.9. The van der Waals surface area contributed by atoms with Gasteiger partial charge in [0.25, 0.3) is 0 Å². The number of hydrogen-bond acceptors (Lipinski definition) is 3. The summed E-state index contributed by atoms with van der Waals surface area (Å²) in [5, 5.41) is 18.0. The van der Waals surface area contributed by atoms with Gasteiger partial charge in [-0.3, -0.25) is 0 Å². The van der Waals surface area contributed by atoms with Crippen LogP contribution in [0.15, 0.2) is 72.6 Å². The molecule has 0 bridgehead atoms. The number of nitrogens with one attached hydrogen (secondary N) is 1. The predicted octanol–water partition coefficient (Wildman–Crippen LogP) is 3.96. The molecule has 0 saturated heterocycles. The van der Waals surface area contributed by atoms with Crippen LogP contribution in [0.25, 0.3) is 16.6 Å². The molecule has 8 heteroatoms. The largest absolute Gasteiger partial charge is 0.425 e. The summed E-state index contributed by atoms with van der Waals surface area (Å²) in [4.78, 5) is 0. The molecule has 2 heterocycles. The second-order valence-corrected chi connectivity index (χ2v) is 6.42. The lowest BCUT2D eigenvalue weighted by Gasteiger charge is -2.33. The van der Waals surface area contributed by atoms with Gasteiger partial charge in [-0.15, -0.1) is 0 Å². The van der Waals surface area contributed by atoms with Crippen LogP contribution in [0.5, 0.6) is 0 Å². The molecular weight excluding hydrogens is 374 g/mol. The highest BCUT2D eigenvalue weighted by atomic mass is 19.4. The van der Waals surface area contributed by atoms with E-state index in [0.717, 1.165) is 0 Å². The Morgan fingerprint density at radius 1 is 1.07 bits per heavy atom. The highest BCUT2D eigenvalue weighted by Gasteiger charge is 2.57. The van der Waals surface area contributed by atoms with Crippen LogP contribution < -0.4 is 5.32 Å². The first-order chi connectivity index (χ1) is 13.3. The van der Waals surface area contributed by atoms with Crippen molar-refractivity contribution in [1.82, 2.24) is 15.1 Å². The van der Waals surface area contributed by atoms with Crippen LogP contribution in [0.2, 0.25) is 0 Å². The summed E-state index contributed by atoms with van der Waals surface area (Å²) in [5.74, 6) is -0.403. The zero-order chi connectivity index (χ0) is 19.9. The Balaban J connectivity index is 1.83. The molecule has 0 aliphatic carbocycles. The monoisotopic (exact) mass is 389 g/mol. The van der Waals surface area contributed by atoms with Gasteiger partial charge in [0.05, 0.1) is 17.4 Å². The zero-order valence-electron chi connectivity index (χ0n) is 14.4. The Kier molecular flexibility index (Phi) is 4.23. The minimum absolute atomic E-state index is 0.295. The normalized spacial score (nSPS) is 16.5. The van der Waals surface area contributed by atoms with Crippen LogP contribution in [-0.4, -0.2) is 27.6 Å². The lowest BCUT2D eigenvalue weighted by molar-refractivity contribution is -0.248. The first-order valence-corrected chi connectivity index (χ1v) is 8.44. The number of fused-ring (bicyclic) bond motifs is 1. The quantitative estimate of drug-likeness (QED) is 0.667. The van der Waals surface area contributed by atoms with Gasteiger partial charge in [0.15, 0.2) is 0 Å². The van der Waals surface area contributed by atoms with Crippen molar-refractivity contribution in [2.24, 2.45) is 0 Å². The van der Waals surface area contributed by atoms with E-state index in [-0.39, 0.29) is 11.1 Å². The van der Waals surface area contributed by atoms with Gasteiger partial charge >= 0.3 is 6.18 Å². The number of nitrogens with zero attached hydrogens (tertiary/aromatic N) is 2. The third-order valence-electron chi connectivity index (χ3n) is 4.68. The summed E-state index contributed by atoms with van der Waals surface area (Å²) < 4.78 is 56.2. The number of dihydropyridines is 1. The Bertz CT molecular complexity index is 1080. The van der Waals surface area contributed by atoms with Crippen LogP contribution >= 0.6 is 0 Å². The fraction of sp³-hybridized carbons (Fsp3) is 0.150. The molecule has 2 aromatic carbocycles. The van der Waals surface area contributed by atoms with Crippen molar-refractivity contribution >= 4 is 10.9 Å². The Morgan fingerprint density at radius 2 is 1.82 bits per heavy atom. The molecule has 0 radical (unpaired) electrons. The van der Waals surface area contributed by atoms with Crippen LogP contribution in [0.3, 0.4) is 0 Å². The van der Waals surface area contributed by atoms with E-state index in [1.165, 1.54) is 71.7 Å². The second kappa shape index (κ2) is 6.49. The standard InChI is InChI=1S/C20H15F4N3O/c21-16-4-6-17(7-5-16)27-18-8-3-14(10-13(18)11-26-27)19(28,20(22,23)24)15-2-1-9-25-12-15/h1-8,10-12,25,28H,9H2. The summed E-state index contributed by atoms with van der Waals surface area (Å²) in [6.07, 6.45) is 0.415. The molecule has 4 rings (SSSR count). The number of benzene rings is 2. The SMILES string of the molecule is OC(C1=CNCC=C1)(c1ccc2c(cnn2-c2ccc(F)cc2)c1)C(F)(F)F. The lowest BCUT2D eigenvalue weighted by Crippen LogP contribution is -2.44. The highest BCUT2D eigenvalue weighted by molar-refractivity contribution is 5.81. The fourth-order valence-electron chi connectivity index (χ4n) is 3.24. The van der Waals surface area contributed by atoms with Crippen molar-refractivity contribution in [3.63, 3.8) is 0 Å². The maximum absolute atomic E-state index is 13.9. The summed E-state index contributed by atoms with van der Waals surface area (Å²) in [6, 6.07) is 9.53. The molecule has 1 unspecified atom stereocenters. The summed E-state index contributed by atoms with van der Waals surface area (Å²) in [7, 11) is 0. The van der Waals surface area contributed by atoms with Crippen molar-refractivity contribution < 1.29 is 22.7 Å². The van der Waals surface area contributed by atoms with Gasteiger partial charge in [0.2, 0.25) is 5.60 Å². The first kappa shape index (κ1) is 18.2. The molecule has 1 aliphatic heterocycles. The Morgan fingerprint density at radius 3 is 2.46 bits per heavy atom. The van der Waals surface area contributed by atoms with E-state index in [0.29, 0.717) is 23.1 Å². The number of aromatic nitrogens is 2. The fourth-order valence-corrected chi connectivity index (χ4v) is 3.24. The predicted molar refractivity (Wildman–Crippen MR) is 96.2 cm³/mol. The molecule has 4 nitrogen and oxygen atoms in total. The summed E-state index contributed by atoms with van der Waals surface area (Å²) >= 11 is 0. The van der Waals surface area contributed by atoms with Crippen LogP contribution in [0, 0.1) is 5.82 Å². The molecule has 28 heavy (non-hydrogen) atoms. The molecule has 0 spiro atoms. The number of hydrogen-bond donors (Lipinski definition) is 2. The second-order valence-electron chi connectivity index (χ2n) is 6.42. The van der Waals surface area contributed by atoms with E-state index >= 15 is 0 Å². The molecule has 3 aromatic rings. The van der Waals surface area contributed by atoms with Gasteiger partial charge in [-0.2, -0.15) is 18.3 Å². The topological polar surface area (TPSA) is 50.1 Å². The zero-order valence-corrected chi connectivity index (χ0v) is 14.4.